The smallest absolute Gasteiger partial charge is 0.253 e. The first-order chi connectivity index (χ1) is 11.3. The summed E-state index contributed by atoms with van der Waals surface area (Å²) in [6.45, 7) is 4.40. The molecule has 1 aliphatic heterocycles. The number of rotatable bonds is 6. The minimum Gasteiger partial charge on any atom is -0.376 e. The van der Waals surface area contributed by atoms with Gasteiger partial charge in [0.15, 0.2) is 0 Å². The maximum atomic E-state index is 12.8. The molecule has 122 valence electrons. The molecule has 0 bridgehead atoms. The van der Waals surface area contributed by atoms with E-state index in [4.69, 9.17) is 4.74 Å². The van der Waals surface area contributed by atoms with Crippen LogP contribution in [0.2, 0.25) is 0 Å². The van der Waals surface area contributed by atoms with Crippen LogP contribution in [-0.2, 0) is 4.74 Å². The molecule has 0 saturated carbocycles. The van der Waals surface area contributed by atoms with E-state index in [0.717, 1.165) is 43.7 Å². The second kappa shape index (κ2) is 7.47. The fourth-order valence-corrected chi connectivity index (χ4v) is 3.05. The van der Waals surface area contributed by atoms with Gasteiger partial charge in [-0.2, -0.15) is 0 Å². The van der Waals surface area contributed by atoms with Gasteiger partial charge in [0.25, 0.3) is 5.91 Å². The molecule has 0 N–H and O–H groups in total. The fourth-order valence-electron chi connectivity index (χ4n) is 3.05. The molecule has 1 aromatic heterocycles. The second-order valence-electron chi connectivity index (χ2n) is 6.02. The van der Waals surface area contributed by atoms with Gasteiger partial charge >= 0.3 is 0 Å². The molecule has 0 aliphatic carbocycles. The lowest BCUT2D eigenvalue weighted by Crippen LogP contribution is -2.37. The summed E-state index contributed by atoms with van der Waals surface area (Å²) in [4.78, 5) is 14.7. The van der Waals surface area contributed by atoms with E-state index in [1.54, 1.807) is 0 Å². The van der Waals surface area contributed by atoms with Crippen molar-refractivity contribution in [1.29, 1.82) is 0 Å². The van der Waals surface area contributed by atoms with Crippen molar-refractivity contribution in [3.63, 3.8) is 0 Å². The number of amides is 1. The third-order valence-corrected chi connectivity index (χ3v) is 4.25. The first-order valence-corrected chi connectivity index (χ1v) is 8.42. The highest BCUT2D eigenvalue weighted by Gasteiger charge is 2.22. The molecular formula is C19H24N2O2. The first-order valence-electron chi connectivity index (χ1n) is 8.42. The van der Waals surface area contributed by atoms with Crippen LogP contribution in [0.4, 0.5) is 0 Å². The van der Waals surface area contributed by atoms with E-state index in [9.17, 15) is 4.79 Å². The van der Waals surface area contributed by atoms with Gasteiger partial charge in [-0.05, 0) is 55.7 Å². The molecule has 3 rings (SSSR count). The average molecular weight is 312 g/mol. The Balaban J connectivity index is 1.71. The summed E-state index contributed by atoms with van der Waals surface area (Å²) in [7, 11) is 0. The first kappa shape index (κ1) is 15.8. The van der Waals surface area contributed by atoms with Gasteiger partial charge in [0, 0.05) is 43.3 Å². The summed E-state index contributed by atoms with van der Waals surface area (Å²) < 4.78 is 7.72. The monoisotopic (exact) mass is 312 g/mol. The van der Waals surface area contributed by atoms with Crippen LogP contribution in [-0.4, -0.2) is 41.2 Å². The van der Waals surface area contributed by atoms with Gasteiger partial charge in [0.05, 0.1) is 6.10 Å². The molecule has 1 fully saturated rings. The number of nitrogens with zero attached hydrogens (tertiary/aromatic N) is 2. The average Bonchev–Trinajstić information content (AvgIpc) is 3.28. The van der Waals surface area contributed by atoms with Gasteiger partial charge in [-0.25, -0.2) is 0 Å². The van der Waals surface area contributed by atoms with Gasteiger partial charge in [-0.15, -0.1) is 0 Å². The van der Waals surface area contributed by atoms with Gasteiger partial charge < -0.3 is 14.2 Å². The zero-order valence-corrected chi connectivity index (χ0v) is 13.6. The number of hydrogen-bond acceptors (Lipinski definition) is 2. The molecule has 1 amide bonds. The van der Waals surface area contributed by atoms with Crippen LogP contribution in [0.3, 0.4) is 0 Å². The van der Waals surface area contributed by atoms with E-state index in [2.05, 4.69) is 6.92 Å². The normalized spacial score (nSPS) is 17.3. The molecule has 0 unspecified atom stereocenters. The quantitative estimate of drug-likeness (QED) is 0.818. The second-order valence-corrected chi connectivity index (χ2v) is 6.02. The summed E-state index contributed by atoms with van der Waals surface area (Å²) in [5, 5.41) is 0. The van der Waals surface area contributed by atoms with Gasteiger partial charge in [0.2, 0.25) is 0 Å². The molecule has 1 aliphatic rings. The van der Waals surface area contributed by atoms with Crippen LogP contribution in [0.1, 0.15) is 36.5 Å². The van der Waals surface area contributed by atoms with Gasteiger partial charge in [0.1, 0.15) is 0 Å². The maximum Gasteiger partial charge on any atom is 0.253 e. The molecule has 1 atom stereocenters. The van der Waals surface area contributed by atoms with E-state index in [-0.39, 0.29) is 12.0 Å². The lowest BCUT2D eigenvalue weighted by atomic mass is 10.1. The summed E-state index contributed by atoms with van der Waals surface area (Å²) >= 11 is 0. The number of benzene rings is 1. The number of hydrogen-bond donors (Lipinski definition) is 0. The van der Waals surface area contributed by atoms with Crippen molar-refractivity contribution in [2.75, 3.05) is 19.7 Å². The van der Waals surface area contributed by atoms with E-state index in [1.165, 1.54) is 0 Å². The van der Waals surface area contributed by atoms with Gasteiger partial charge in [-0.3, -0.25) is 4.79 Å². The third kappa shape index (κ3) is 3.82. The van der Waals surface area contributed by atoms with Crippen molar-refractivity contribution in [2.45, 2.75) is 32.3 Å². The Hall–Kier alpha value is -2.07. The van der Waals surface area contributed by atoms with Crippen molar-refractivity contribution < 1.29 is 9.53 Å². The Kier molecular flexibility index (Phi) is 5.13. The molecule has 1 saturated heterocycles. The van der Waals surface area contributed by atoms with E-state index < -0.39 is 0 Å². The Morgan fingerprint density at radius 2 is 2.00 bits per heavy atom. The van der Waals surface area contributed by atoms with Gasteiger partial charge in [-0.1, -0.05) is 6.92 Å². The summed E-state index contributed by atoms with van der Waals surface area (Å²) in [5.41, 5.74) is 1.81. The predicted molar refractivity (Wildman–Crippen MR) is 90.9 cm³/mol. The molecule has 2 aromatic rings. The highest BCUT2D eigenvalue weighted by Crippen LogP contribution is 2.16. The predicted octanol–water partition coefficient (Wildman–Crippen LogP) is 3.51. The Bertz CT molecular complexity index is 613. The van der Waals surface area contributed by atoms with E-state index in [0.29, 0.717) is 6.54 Å². The number of carbonyl (C=O) groups excluding carboxylic acids is 1. The lowest BCUT2D eigenvalue weighted by Gasteiger charge is -2.25. The van der Waals surface area contributed by atoms with Crippen molar-refractivity contribution in [3.05, 3.63) is 54.4 Å². The highest BCUT2D eigenvalue weighted by molar-refractivity contribution is 5.94. The summed E-state index contributed by atoms with van der Waals surface area (Å²) in [6.07, 6.45) is 7.31. The number of aromatic nitrogens is 1. The fraction of sp³-hybridized carbons (Fsp3) is 0.421. The topological polar surface area (TPSA) is 34.5 Å². The van der Waals surface area contributed by atoms with Crippen molar-refractivity contribution in [2.24, 2.45) is 0 Å². The lowest BCUT2D eigenvalue weighted by molar-refractivity contribution is 0.0526. The summed E-state index contributed by atoms with van der Waals surface area (Å²) in [5.74, 6) is 0.0985. The minimum absolute atomic E-state index is 0.0985. The third-order valence-electron chi connectivity index (χ3n) is 4.25. The molecule has 23 heavy (non-hydrogen) atoms. The van der Waals surface area contributed by atoms with E-state index in [1.807, 2.05) is 58.3 Å². The molecule has 0 spiro atoms. The Labute approximate surface area is 137 Å². The van der Waals surface area contributed by atoms with Crippen LogP contribution < -0.4 is 0 Å². The van der Waals surface area contributed by atoms with Crippen LogP contribution in [0.5, 0.6) is 0 Å². The van der Waals surface area contributed by atoms with Crippen LogP contribution in [0, 0.1) is 0 Å². The molecule has 0 radical (unpaired) electrons. The standard InChI is InChI=1S/C19H24N2O2/c1-2-11-21(15-18-6-5-14-23-18)19(22)16-7-9-17(10-8-16)20-12-3-4-13-20/h3-4,7-10,12-13,18H,2,5-6,11,14-15H2,1H3/t18-/m0/s1. The molecule has 1 aromatic carbocycles. The SMILES string of the molecule is CCCN(C[C@@H]1CCCO1)C(=O)c1ccc(-n2cccc2)cc1. The van der Waals surface area contributed by atoms with E-state index >= 15 is 0 Å². The van der Waals surface area contributed by atoms with Crippen LogP contribution in [0.15, 0.2) is 48.8 Å². The zero-order valence-electron chi connectivity index (χ0n) is 13.6. The van der Waals surface area contributed by atoms with Crippen molar-refractivity contribution in [3.8, 4) is 5.69 Å². The molecule has 4 heteroatoms. The van der Waals surface area contributed by atoms with Crippen LogP contribution in [0.25, 0.3) is 5.69 Å². The number of ether oxygens (including phenoxy) is 1. The zero-order chi connectivity index (χ0) is 16.1. The maximum absolute atomic E-state index is 12.8. The van der Waals surface area contributed by atoms with Crippen molar-refractivity contribution >= 4 is 5.91 Å². The largest absolute Gasteiger partial charge is 0.376 e. The number of carbonyl (C=O) groups is 1. The Morgan fingerprint density at radius 3 is 2.61 bits per heavy atom. The van der Waals surface area contributed by atoms with Crippen molar-refractivity contribution in [1.82, 2.24) is 9.47 Å². The highest BCUT2D eigenvalue weighted by atomic mass is 16.5. The summed E-state index contributed by atoms with van der Waals surface area (Å²) in [6, 6.07) is 11.8. The Morgan fingerprint density at radius 1 is 1.26 bits per heavy atom. The van der Waals surface area contributed by atoms with Crippen LogP contribution >= 0.6 is 0 Å². The molecular weight excluding hydrogens is 288 g/mol. The molecule has 4 nitrogen and oxygen atoms in total. The minimum atomic E-state index is 0.0985. The molecule has 2 heterocycles.